The van der Waals surface area contributed by atoms with E-state index in [0.717, 1.165) is 55.3 Å². The number of benzene rings is 1. The van der Waals surface area contributed by atoms with Gasteiger partial charge in [0.15, 0.2) is 0 Å². The van der Waals surface area contributed by atoms with Crippen molar-refractivity contribution in [2.45, 2.75) is 26.3 Å². The Hall–Kier alpha value is -2.30. The van der Waals surface area contributed by atoms with E-state index < -0.39 is 0 Å². The number of rotatable bonds is 3. The summed E-state index contributed by atoms with van der Waals surface area (Å²) in [6.07, 6.45) is 3.78. The minimum absolute atomic E-state index is 0.254. The first kappa shape index (κ1) is 15.2. The third-order valence-electron chi connectivity index (χ3n) is 5.26. The Balaban J connectivity index is 1.59. The molecule has 2 heterocycles. The van der Waals surface area contributed by atoms with Crippen LogP contribution < -0.4 is 4.74 Å². The molecule has 1 amide bonds. The van der Waals surface area contributed by atoms with Crippen molar-refractivity contribution in [1.82, 2.24) is 14.5 Å². The zero-order valence-electron chi connectivity index (χ0n) is 14.2. The van der Waals surface area contributed by atoms with Gasteiger partial charge in [-0.2, -0.15) is 0 Å². The van der Waals surface area contributed by atoms with E-state index in [1.807, 2.05) is 29.3 Å². The van der Waals surface area contributed by atoms with Crippen LogP contribution in [0.4, 0.5) is 0 Å². The lowest BCUT2D eigenvalue weighted by atomic mass is 10.1. The molecule has 1 aliphatic heterocycles. The number of carbonyl (C=O) groups is 1. The van der Waals surface area contributed by atoms with Crippen molar-refractivity contribution in [3.8, 4) is 17.0 Å². The fourth-order valence-electron chi connectivity index (χ4n) is 3.62. The van der Waals surface area contributed by atoms with Gasteiger partial charge in [0.25, 0.3) is 0 Å². The molecule has 1 aliphatic carbocycles. The molecule has 1 aromatic carbocycles. The number of ether oxygens (including phenoxy) is 1. The van der Waals surface area contributed by atoms with Crippen molar-refractivity contribution in [3.63, 3.8) is 0 Å². The maximum absolute atomic E-state index is 12.5. The highest BCUT2D eigenvalue weighted by Crippen LogP contribution is 2.39. The van der Waals surface area contributed by atoms with Gasteiger partial charge in [0.05, 0.1) is 19.0 Å². The van der Waals surface area contributed by atoms with E-state index in [2.05, 4.69) is 22.5 Å². The number of nitrogens with zero attached hydrogens (tertiary/aromatic N) is 3. The molecule has 0 bridgehead atoms. The van der Waals surface area contributed by atoms with Crippen molar-refractivity contribution >= 4 is 5.91 Å². The van der Waals surface area contributed by atoms with Gasteiger partial charge in [-0.15, -0.1) is 0 Å². The van der Waals surface area contributed by atoms with Crippen LogP contribution in [0.3, 0.4) is 0 Å². The van der Waals surface area contributed by atoms with E-state index in [-0.39, 0.29) is 5.92 Å². The molecular formula is C19H23N3O2. The zero-order valence-corrected chi connectivity index (χ0v) is 14.2. The minimum atomic E-state index is 0.254. The molecule has 24 heavy (non-hydrogen) atoms. The summed E-state index contributed by atoms with van der Waals surface area (Å²) >= 11 is 0. The number of aromatic nitrogens is 2. The monoisotopic (exact) mass is 325 g/mol. The summed E-state index contributed by atoms with van der Waals surface area (Å²) in [6.45, 7) is 4.47. The van der Waals surface area contributed by atoms with Crippen LogP contribution in [-0.4, -0.2) is 40.6 Å². The summed E-state index contributed by atoms with van der Waals surface area (Å²) in [5, 5.41) is 0. The fraction of sp³-hybridized carbons (Fsp3) is 0.474. The highest BCUT2D eigenvalue weighted by Gasteiger charge is 2.41. The molecule has 0 spiro atoms. The molecule has 2 atom stereocenters. The largest absolute Gasteiger partial charge is 0.496 e. The molecule has 0 saturated heterocycles. The predicted octanol–water partition coefficient (Wildman–Crippen LogP) is 2.60. The molecule has 0 radical (unpaired) electrons. The smallest absolute Gasteiger partial charge is 0.226 e. The lowest BCUT2D eigenvalue weighted by Crippen LogP contribution is -2.35. The second-order valence-corrected chi connectivity index (χ2v) is 6.81. The maximum Gasteiger partial charge on any atom is 0.226 e. The molecule has 0 N–H and O–H groups in total. The van der Waals surface area contributed by atoms with Crippen molar-refractivity contribution in [2.75, 3.05) is 20.2 Å². The molecule has 1 saturated carbocycles. The highest BCUT2D eigenvalue weighted by atomic mass is 16.5. The van der Waals surface area contributed by atoms with Gasteiger partial charge in [0, 0.05) is 37.5 Å². The van der Waals surface area contributed by atoms with Crippen LogP contribution in [-0.2, 0) is 17.8 Å². The third-order valence-corrected chi connectivity index (χ3v) is 5.26. The van der Waals surface area contributed by atoms with Crippen LogP contribution in [0.1, 0.15) is 19.2 Å². The first-order chi connectivity index (χ1) is 11.7. The fourth-order valence-corrected chi connectivity index (χ4v) is 3.62. The van der Waals surface area contributed by atoms with E-state index >= 15 is 0 Å². The summed E-state index contributed by atoms with van der Waals surface area (Å²) in [5.41, 5.74) is 2.12. The number of fused-ring (bicyclic) bond motifs is 1. The number of methoxy groups -OCH3 is 1. The lowest BCUT2D eigenvalue weighted by Gasteiger charge is -2.20. The highest BCUT2D eigenvalue weighted by molar-refractivity contribution is 5.81. The number of hydrogen-bond donors (Lipinski definition) is 0. The summed E-state index contributed by atoms with van der Waals surface area (Å²) in [6, 6.07) is 8.01. The Labute approximate surface area is 142 Å². The Morgan fingerprint density at radius 1 is 1.25 bits per heavy atom. The minimum Gasteiger partial charge on any atom is -0.496 e. The van der Waals surface area contributed by atoms with E-state index in [9.17, 15) is 4.79 Å². The van der Waals surface area contributed by atoms with Crippen molar-refractivity contribution in [1.29, 1.82) is 0 Å². The average Bonchev–Trinajstić information content (AvgIpc) is 3.27. The van der Waals surface area contributed by atoms with Gasteiger partial charge in [-0.05, 0) is 24.5 Å². The molecule has 2 aliphatic rings. The quantitative estimate of drug-likeness (QED) is 0.871. The van der Waals surface area contributed by atoms with Crippen LogP contribution in [0.15, 0.2) is 30.5 Å². The van der Waals surface area contributed by atoms with Gasteiger partial charge in [0.1, 0.15) is 11.6 Å². The van der Waals surface area contributed by atoms with Crippen molar-refractivity contribution in [3.05, 3.63) is 36.3 Å². The van der Waals surface area contributed by atoms with Crippen LogP contribution >= 0.6 is 0 Å². The summed E-state index contributed by atoms with van der Waals surface area (Å²) in [7, 11) is 1.69. The first-order valence-electron chi connectivity index (χ1n) is 8.65. The average molecular weight is 325 g/mol. The van der Waals surface area contributed by atoms with Gasteiger partial charge in [-0.25, -0.2) is 4.98 Å². The van der Waals surface area contributed by atoms with E-state index in [4.69, 9.17) is 4.74 Å². The molecule has 2 aromatic rings. The number of para-hydroxylation sites is 1. The normalized spacial score (nSPS) is 22.7. The molecule has 126 valence electrons. The zero-order chi connectivity index (χ0) is 16.7. The van der Waals surface area contributed by atoms with Crippen LogP contribution in [0.25, 0.3) is 11.3 Å². The Morgan fingerprint density at radius 3 is 2.79 bits per heavy atom. The number of carbonyl (C=O) groups excluding carboxylic acids is 1. The molecular weight excluding hydrogens is 302 g/mol. The van der Waals surface area contributed by atoms with E-state index in [1.165, 1.54) is 0 Å². The second-order valence-electron chi connectivity index (χ2n) is 6.81. The maximum atomic E-state index is 12.5. The van der Waals surface area contributed by atoms with Crippen LogP contribution in [0, 0.1) is 11.8 Å². The van der Waals surface area contributed by atoms with E-state index in [1.54, 1.807) is 7.11 Å². The van der Waals surface area contributed by atoms with Gasteiger partial charge in [-0.1, -0.05) is 19.1 Å². The number of hydrogen-bond acceptors (Lipinski definition) is 3. The summed E-state index contributed by atoms with van der Waals surface area (Å²) in [5.74, 6) is 3.04. The van der Waals surface area contributed by atoms with Crippen LogP contribution in [0.5, 0.6) is 5.75 Å². The van der Waals surface area contributed by atoms with Crippen LogP contribution in [0.2, 0.25) is 0 Å². The molecule has 5 nitrogen and oxygen atoms in total. The number of imidazole rings is 1. The number of amides is 1. The first-order valence-corrected chi connectivity index (χ1v) is 8.65. The van der Waals surface area contributed by atoms with Crippen molar-refractivity contribution < 1.29 is 9.53 Å². The third kappa shape index (κ3) is 2.58. The van der Waals surface area contributed by atoms with Gasteiger partial charge in [0.2, 0.25) is 5.91 Å². The van der Waals surface area contributed by atoms with Gasteiger partial charge < -0.3 is 14.2 Å². The second kappa shape index (κ2) is 5.96. The lowest BCUT2D eigenvalue weighted by molar-refractivity contribution is -0.132. The molecule has 1 aromatic heterocycles. The molecule has 0 unspecified atom stereocenters. The SMILES string of the molecule is COc1ccccc1-c1cnc2n1CCN(C(=O)[C@@H]1C[C@H]1C)CC2. The predicted molar refractivity (Wildman–Crippen MR) is 91.8 cm³/mol. The summed E-state index contributed by atoms with van der Waals surface area (Å²) in [4.78, 5) is 19.2. The Bertz CT molecular complexity index is 768. The molecule has 5 heteroatoms. The van der Waals surface area contributed by atoms with Gasteiger partial charge >= 0.3 is 0 Å². The Kier molecular flexibility index (Phi) is 3.79. The molecule has 4 rings (SSSR count). The van der Waals surface area contributed by atoms with Gasteiger partial charge in [-0.3, -0.25) is 4.79 Å². The molecule has 1 fully saturated rings. The standard InChI is InChI=1S/C19H23N3O2/c1-13-11-15(13)19(23)21-8-7-18-20-12-16(22(18)10-9-21)14-5-3-4-6-17(14)24-2/h3-6,12-13,15H,7-11H2,1-2H3/t13-,15-/m1/s1. The van der Waals surface area contributed by atoms with Crippen molar-refractivity contribution in [2.24, 2.45) is 11.8 Å². The topological polar surface area (TPSA) is 47.4 Å². The Morgan fingerprint density at radius 2 is 2.04 bits per heavy atom. The summed E-state index contributed by atoms with van der Waals surface area (Å²) < 4.78 is 7.73. The van der Waals surface area contributed by atoms with E-state index in [0.29, 0.717) is 11.8 Å².